The third-order valence-electron chi connectivity index (χ3n) is 4.37. The third-order valence-corrected chi connectivity index (χ3v) is 5.18. The second-order valence-electron chi connectivity index (χ2n) is 7.18. The molecule has 7 heteroatoms. The standard InChI is InChI=1S/C21H24N2O4S/c1-23(2)13-12-15-8-10-16(11-9-15)22-21(24)20-18(14-28(3,25)26)17-6-4-5-7-19(17)27-20/h4-11H,12-14H2,1-3H3,(H,22,24). The lowest BCUT2D eigenvalue weighted by molar-refractivity contribution is 0.0998. The molecule has 1 aromatic heterocycles. The molecule has 3 aromatic rings. The lowest BCUT2D eigenvalue weighted by Crippen LogP contribution is -2.15. The molecule has 1 heterocycles. The molecular formula is C21H24N2O4S. The summed E-state index contributed by atoms with van der Waals surface area (Å²) in [5.41, 5.74) is 2.68. The molecule has 1 amide bonds. The molecule has 0 bridgehead atoms. The van der Waals surface area contributed by atoms with Crippen LogP contribution in [0.3, 0.4) is 0 Å². The van der Waals surface area contributed by atoms with Gasteiger partial charge in [-0.1, -0.05) is 30.3 Å². The highest BCUT2D eigenvalue weighted by Gasteiger charge is 2.23. The number of anilines is 1. The minimum Gasteiger partial charge on any atom is -0.451 e. The summed E-state index contributed by atoms with van der Waals surface area (Å²) >= 11 is 0. The fourth-order valence-electron chi connectivity index (χ4n) is 2.98. The highest BCUT2D eigenvalue weighted by molar-refractivity contribution is 7.89. The first-order valence-electron chi connectivity index (χ1n) is 8.96. The van der Waals surface area contributed by atoms with E-state index in [2.05, 4.69) is 10.2 Å². The van der Waals surface area contributed by atoms with Crippen molar-refractivity contribution in [3.05, 3.63) is 65.4 Å². The number of rotatable bonds is 7. The molecule has 28 heavy (non-hydrogen) atoms. The van der Waals surface area contributed by atoms with Crippen LogP contribution in [0.5, 0.6) is 0 Å². The van der Waals surface area contributed by atoms with Gasteiger partial charge in [0, 0.05) is 29.4 Å². The molecule has 0 fully saturated rings. The summed E-state index contributed by atoms with van der Waals surface area (Å²) in [5.74, 6) is -0.685. The summed E-state index contributed by atoms with van der Waals surface area (Å²) in [5, 5.41) is 3.44. The second kappa shape index (κ2) is 8.16. The normalized spacial score (nSPS) is 11.9. The Hall–Kier alpha value is -2.64. The molecule has 0 radical (unpaired) electrons. The van der Waals surface area contributed by atoms with Gasteiger partial charge in [-0.05, 0) is 44.3 Å². The lowest BCUT2D eigenvalue weighted by atomic mass is 10.1. The Bertz CT molecular complexity index is 1080. The summed E-state index contributed by atoms with van der Waals surface area (Å²) in [6.45, 7) is 0.944. The molecule has 0 saturated carbocycles. The number of fused-ring (bicyclic) bond motifs is 1. The van der Waals surface area contributed by atoms with E-state index in [0.29, 0.717) is 22.2 Å². The van der Waals surface area contributed by atoms with Gasteiger partial charge in [-0.15, -0.1) is 0 Å². The van der Waals surface area contributed by atoms with Gasteiger partial charge < -0.3 is 14.6 Å². The molecule has 0 spiro atoms. The Balaban J connectivity index is 1.84. The smallest absolute Gasteiger partial charge is 0.291 e. The molecule has 148 valence electrons. The molecule has 6 nitrogen and oxygen atoms in total. The first-order chi connectivity index (χ1) is 13.2. The van der Waals surface area contributed by atoms with Gasteiger partial charge in [0.15, 0.2) is 15.6 Å². The maximum Gasteiger partial charge on any atom is 0.291 e. The van der Waals surface area contributed by atoms with Gasteiger partial charge in [0.25, 0.3) is 5.91 Å². The van der Waals surface area contributed by atoms with Crippen LogP contribution in [0.1, 0.15) is 21.7 Å². The SMILES string of the molecule is CN(C)CCc1ccc(NC(=O)c2oc3ccccc3c2CS(C)(=O)=O)cc1. The van der Waals surface area contributed by atoms with Crippen molar-refractivity contribution in [3.63, 3.8) is 0 Å². The Morgan fingerprint density at radius 3 is 2.39 bits per heavy atom. The molecule has 1 N–H and O–H groups in total. The van der Waals surface area contributed by atoms with Crippen LogP contribution in [-0.4, -0.2) is 46.1 Å². The minimum absolute atomic E-state index is 0.0308. The average Bonchev–Trinajstić information content (AvgIpc) is 2.98. The van der Waals surface area contributed by atoms with E-state index in [0.717, 1.165) is 19.2 Å². The Morgan fingerprint density at radius 2 is 1.75 bits per heavy atom. The summed E-state index contributed by atoms with van der Waals surface area (Å²) in [6.07, 6.45) is 2.06. The van der Waals surface area contributed by atoms with Gasteiger partial charge >= 0.3 is 0 Å². The minimum atomic E-state index is -3.33. The second-order valence-corrected chi connectivity index (χ2v) is 9.32. The number of carbonyl (C=O) groups excluding carboxylic acids is 1. The topological polar surface area (TPSA) is 79.6 Å². The number of likely N-dealkylation sites (N-methyl/N-ethyl adjacent to an activating group) is 1. The van der Waals surface area contributed by atoms with Gasteiger partial charge in [-0.2, -0.15) is 0 Å². The van der Waals surface area contributed by atoms with Crippen molar-refractivity contribution in [1.82, 2.24) is 4.90 Å². The summed E-state index contributed by atoms with van der Waals surface area (Å²) in [7, 11) is 0.717. The van der Waals surface area contributed by atoms with Gasteiger partial charge in [0.2, 0.25) is 0 Å². The van der Waals surface area contributed by atoms with Crippen molar-refractivity contribution in [1.29, 1.82) is 0 Å². The van der Waals surface area contributed by atoms with Gasteiger partial charge in [-0.3, -0.25) is 4.79 Å². The number of furan rings is 1. The monoisotopic (exact) mass is 400 g/mol. The number of benzene rings is 2. The maximum atomic E-state index is 12.8. The summed E-state index contributed by atoms with van der Waals surface area (Å²) in [6, 6.07) is 14.7. The van der Waals surface area contributed by atoms with Crippen LogP contribution in [0.4, 0.5) is 5.69 Å². The van der Waals surface area contributed by atoms with E-state index in [9.17, 15) is 13.2 Å². The number of carbonyl (C=O) groups is 1. The molecule has 0 saturated heterocycles. The zero-order valence-corrected chi connectivity index (χ0v) is 17.0. The van der Waals surface area contributed by atoms with E-state index < -0.39 is 15.7 Å². The number of para-hydroxylation sites is 1. The lowest BCUT2D eigenvalue weighted by Gasteiger charge is -2.10. The average molecular weight is 401 g/mol. The highest BCUT2D eigenvalue weighted by Crippen LogP contribution is 2.28. The van der Waals surface area contributed by atoms with Crippen LogP contribution in [0.25, 0.3) is 11.0 Å². The third kappa shape index (κ3) is 4.99. The fourth-order valence-corrected chi connectivity index (χ4v) is 3.79. The predicted molar refractivity (Wildman–Crippen MR) is 111 cm³/mol. The van der Waals surface area contributed by atoms with Crippen LogP contribution >= 0.6 is 0 Å². The largest absolute Gasteiger partial charge is 0.451 e. The van der Waals surface area contributed by atoms with Crippen molar-refractivity contribution in [2.24, 2.45) is 0 Å². The van der Waals surface area contributed by atoms with Gasteiger partial charge in [0.05, 0.1) is 5.75 Å². The number of amides is 1. The van der Waals surface area contributed by atoms with E-state index in [1.165, 1.54) is 5.56 Å². The van der Waals surface area contributed by atoms with Gasteiger partial charge in [-0.25, -0.2) is 8.42 Å². The number of sulfone groups is 1. The Morgan fingerprint density at radius 1 is 1.07 bits per heavy atom. The van der Waals surface area contributed by atoms with Crippen LogP contribution < -0.4 is 5.32 Å². The molecule has 0 aliphatic carbocycles. The van der Waals surface area contributed by atoms with E-state index >= 15 is 0 Å². The summed E-state index contributed by atoms with van der Waals surface area (Å²) < 4.78 is 29.4. The highest BCUT2D eigenvalue weighted by atomic mass is 32.2. The summed E-state index contributed by atoms with van der Waals surface area (Å²) in [4.78, 5) is 14.9. The first kappa shape index (κ1) is 20.1. The molecule has 0 unspecified atom stereocenters. The zero-order valence-electron chi connectivity index (χ0n) is 16.2. The maximum absolute atomic E-state index is 12.8. The molecular weight excluding hydrogens is 376 g/mol. The fraction of sp³-hybridized carbons (Fsp3) is 0.286. The Labute approximate surface area is 165 Å². The van der Waals surface area contributed by atoms with Gasteiger partial charge in [0.1, 0.15) is 5.58 Å². The number of hydrogen-bond donors (Lipinski definition) is 1. The molecule has 0 aliphatic rings. The number of hydrogen-bond acceptors (Lipinski definition) is 5. The predicted octanol–water partition coefficient (Wildman–Crippen LogP) is 3.33. The van der Waals surface area contributed by atoms with E-state index in [1.807, 2.05) is 38.4 Å². The van der Waals surface area contributed by atoms with E-state index in [4.69, 9.17) is 4.42 Å². The van der Waals surface area contributed by atoms with Crippen molar-refractivity contribution in [2.75, 3.05) is 32.2 Å². The van der Waals surface area contributed by atoms with Crippen molar-refractivity contribution in [2.45, 2.75) is 12.2 Å². The number of nitrogens with one attached hydrogen (secondary N) is 1. The van der Waals surface area contributed by atoms with E-state index in [1.54, 1.807) is 24.3 Å². The molecule has 3 rings (SSSR count). The molecule has 0 atom stereocenters. The van der Waals surface area contributed by atoms with Crippen molar-refractivity contribution in [3.8, 4) is 0 Å². The van der Waals surface area contributed by atoms with Crippen molar-refractivity contribution < 1.29 is 17.6 Å². The quantitative estimate of drug-likeness (QED) is 0.658. The van der Waals surface area contributed by atoms with Crippen LogP contribution in [0.2, 0.25) is 0 Å². The molecule has 0 aliphatic heterocycles. The van der Waals surface area contributed by atoms with Crippen molar-refractivity contribution >= 4 is 32.4 Å². The zero-order chi connectivity index (χ0) is 20.3. The van der Waals surface area contributed by atoms with Crippen LogP contribution in [0, 0.1) is 0 Å². The van der Waals surface area contributed by atoms with Crippen LogP contribution in [0.15, 0.2) is 52.9 Å². The van der Waals surface area contributed by atoms with E-state index in [-0.39, 0.29) is 11.5 Å². The number of nitrogens with zero attached hydrogens (tertiary/aromatic N) is 1. The Kier molecular flexibility index (Phi) is 5.86. The first-order valence-corrected chi connectivity index (χ1v) is 11.0. The molecule has 2 aromatic carbocycles. The van der Waals surface area contributed by atoms with Crippen LogP contribution in [-0.2, 0) is 22.0 Å².